The number of Topliss-reactive ketones (excluding diaryl/α,β-unsaturated/α-hetero) is 1. The third kappa shape index (κ3) is 4.36. The van der Waals surface area contributed by atoms with Crippen molar-refractivity contribution in [3.8, 4) is 11.5 Å². The number of phenolic OH excluding ortho intramolecular Hbond substituents is 1. The van der Waals surface area contributed by atoms with Crippen molar-refractivity contribution in [2.45, 2.75) is 45.4 Å². The molecular weight excluding hydrogens is 551 g/mol. The molecule has 1 N–H and O–H groups in total. The lowest BCUT2D eigenvalue weighted by molar-refractivity contribution is -0.274. The maximum absolute atomic E-state index is 14.0. The van der Waals surface area contributed by atoms with Gasteiger partial charge in [0.05, 0.1) is 17.5 Å². The van der Waals surface area contributed by atoms with E-state index in [0.29, 0.717) is 11.3 Å². The molecule has 0 unspecified atom stereocenters. The Morgan fingerprint density at radius 3 is 2.38 bits per heavy atom. The van der Waals surface area contributed by atoms with Crippen LogP contribution in [0.4, 0.5) is 18.9 Å². The van der Waals surface area contributed by atoms with Crippen molar-refractivity contribution in [1.29, 1.82) is 0 Å². The summed E-state index contributed by atoms with van der Waals surface area (Å²) in [6.45, 7) is 3.48. The number of alkyl halides is 3. The molecule has 6 rings (SSSR count). The number of phenols is 1. The number of halogens is 3. The van der Waals surface area contributed by atoms with E-state index in [1.807, 2.05) is 19.1 Å². The SMILES string of the molecule is CCc1ccc(N2C(=O)[C@H]3[C@H](CC=C4[C@H](c5cc(OC(F)(F)F)ccc5O)C5=C(C[C@H]43)C(=O)C(C)=CC5=O)C2=O)cc1. The number of carbonyl (C=O) groups is 4. The second-order valence-electron chi connectivity index (χ2n) is 11.0. The molecule has 1 fully saturated rings. The predicted molar refractivity (Wildman–Crippen MR) is 144 cm³/mol. The molecule has 0 spiro atoms. The first-order valence-electron chi connectivity index (χ1n) is 13.6. The van der Waals surface area contributed by atoms with Gasteiger partial charge in [-0.2, -0.15) is 0 Å². The molecular formula is C32H26F3NO6. The van der Waals surface area contributed by atoms with Gasteiger partial charge in [0.1, 0.15) is 11.5 Å². The normalized spacial score (nSPS) is 25.6. The van der Waals surface area contributed by atoms with Gasteiger partial charge in [0.2, 0.25) is 11.8 Å². The zero-order valence-corrected chi connectivity index (χ0v) is 22.7. The molecule has 216 valence electrons. The Bertz CT molecular complexity index is 1650. The summed E-state index contributed by atoms with van der Waals surface area (Å²) in [4.78, 5) is 55.5. The summed E-state index contributed by atoms with van der Waals surface area (Å²) in [5.41, 5.74) is 2.30. The van der Waals surface area contributed by atoms with Crippen LogP contribution in [-0.4, -0.2) is 34.8 Å². The van der Waals surface area contributed by atoms with Crippen molar-refractivity contribution in [3.05, 3.63) is 88.0 Å². The standard InChI is InChI=1S/C32H26F3NO6/c1-3-16-4-6-17(7-5-16)36-30(40)20-10-9-19-21(27(20)31(36)41)14-23-28(25(38)12-15(2)29(23)39)26(19)22-13-18(8-11-24(22)37)42-32(33,34)35/h4-9,11-13,20-21,26-27,37H,3,10,14H2,1-2H3/t20-,21+,26+,27-/m0/s1. The summed E-state index contributed by atoms with van der Waals surface area (Å²) in [7, 11) is 0. The molecule has 0 radical (unpaired) electrons. The first kappa shape index (κ1) is 27.7. The Morgan fingerprint density at radius 1 is 1.00 bits per heavy atom. The van der Waals surface area contributed by atoms with Gasteiger partial charge in [-0.05, 0) is 74.1 Å². The van der Waals surface area contributed by atoms with E-state index in [4.69, 9.17) is 0 Å². The summed E-state index contributed by atoms with van der Waals surface area (Å²) >= 11 is 0. The van der Waals surface area contributed by atoms with Gasteiger partial charge in [0.15, 0.2) is 11.6 Å². The highest BCUT2D eigenvalue weighted by Crippen LogP contribution is 2.56. The van der Waals surface area contributed by atoms with E-state index in [1.54, 1.807) is 18.2 Å². The van der Waals surface area contributed by atoms with E-state index in [2.05, 4.69) is 4.74 Å². The number of fused-ring (bicyclic) bond motifs is 3. The largest absolute Gasteiger partial charge is 0.573 e. The minimum Gasteiger partial charge on any atom is -0.508 e. The second kappa shape index (κ2) is 9.82. The Kier molecular flexibility index (Phi) is 6.47. The number of ketones is 2. The summed E-state index contributed by atoms with van der Waals surface area (Å²) in [6, 6.07) is 10.1. The molecule has 1 aliphatic heterocycles. The fourth-order valence-electron chi connectivity index (χ4n) is 6.83. The van der Waals surface area contributed by atoms with Crippen molar-refractivity contribution in [2.75, 3.05) is 4.90 Å². The van der Waals surface area contributed by atoms with E-state index < -0.39 is 59.0 Å². The molecule has 0 aromatic heterocycles. The average molecular weight is 578 g/mol. The Labute approximate surface area is 239 Å². The molecule has 2 aromatic rings. The number of ether oxygens (including phenoxy) is 1. The minimum absolute atomic E-state index is 0.00965. The van der Waals surface area contributed by atoms with Gasteiger partial charge in [-0.3, -0.25) is 24.1 Å². The highest BCUT2D eigenvalue weighted by atomic mass is 19.4. The number of aromatic hydroxyl groups is 1. The van der Waals surface area contributed by atoms with Gasteiger partial charge < -0.3 is 9.84 Å². The van der Waals surface area contributed by atoms with Crippen molar-refractivity contribution < 1.29 is 42.2 Å². The molecule has 1 saturated heterocycles. The highest BCUT2D eigenvalue weighted by Gasteiger charge is 2.57. The number of hydrogen-bond donors (Lipinski definition) is 1. The molecule has 0 bridgehead atoms. The van der Waals surface area contributed by atoms with Crippen molar-refractivity contribution in [2.24, 2.45) is 17.8 Å². The van der Waals surface area contributed by atoms with E-state index in [9.17, 15) is 37.5 Å². The van der Waals surface area contributed by atoms with E-state index in [-0.39, 0.29) is 41.0 Å². The second-order valence-corrected chi connectivity index (χ2v) is 11.0. The van der Waals surface area contributed by atoms with Crippen LogP contribution in [0.1, 0.15) is 43.7 Å². The number of imide groups is 1. The molecule has 42 heavy (non-hydrogen) atoms. The van der Waals surface area contributed by atoms with Crippen LogP contribution in [0, 0.1) is 17.8 Å². The molecule has 2 aromatic carbocycles. The maximum atomic E-state index is 14.0. The zero-order chi connectivity index (χ0) is 30.1. The van der Waals surface area contributed by atoms with Crippen LogP contribution in [0.15, 0.2) is 76.9 Å². The predicted octanol–water partition coefficient (Wildman–Crippen LogP) is 5.49. The number of allylic oxidation sites excluding steroid dienone is 6. The molecule has 3 aliphatic carbocycles. The molecule has 10 heteroatoms. The van der Waals surface area contributed by atoms with E-state index >= 15 is 0 Å². The third-order valence-corrected chi connectivity index (χ3v) is 8.71. The fourth-order valence-corrected chi connectivity index (χ4v) is 6.83. The summed E-state index contributed by atoms with van der Waals surface area (Å²) in [5, 5.41) is 10.9. The van der Waals surface area contributed by atoms with Crippen molar-refractivity contribution >= 4 is 29.1 Å². The number of rotatable bonds is 4. The van der Waals surface area contributed by atoms with Crippen LogP contribution in [-0.2, 0) is 25.6 Å². The number of nitrogens with zero attached hydrogens (tertiary/aromatic N) is 1. The topological polar surface area (TPSA) is 101 Å². The molecule has 7 nitrogen and oxygen atoms in total. The first-order chi connectivity index (χ1) is 19.9. The minimum atomic E-state index is -5.00. The average Bonchev–Trinajstić information content (AvgIpc) is 3.20. The lowest BCUT2D eigenvalue weighted by Crippen LogP contribution is -2.39. The summed E-state index contributed by atoms with van der Waals surface area (Å²) < 4.78 is 43.3. The van der Waals surface area contributed by atoms with Gasteiger partial charge >= 0.3 is 6.36 Å². The van der Waals surface area contributed by atoms with Gasteiger partial charge in [-0.1, -0.05) is 30.7 Å². The van der Waals surface area contributed by atoms with Crippen molar-refractivity contribution in [1.82, 2.24) is 0 Å². The quantitative estimate of drug-likeness (QED) is 0.293. The van der Waals surface area contributed by atoms with Crippen LogP contribution in [0.5, 0.6) is 11.5 Å². The number of aryl methyl sites for hydroxylation is 1. The molecule has 4 atom stereocenters. The Morgan fingerprint density at radius 2 is 1.71 bits per heavy atom. The van der Waals surface area contributed by atoms with Crippen molar-refractivity contribution in [3.63, 3.8) is 0 Å². The Balaban J connectivity index is 1.48. The van der Waals surface area contributed by atoms with E-state index in [1.165, 1.54) is 17.9 Å². The maximum Gasteiger partial charge on any atom is 0.573 e. The van der Waals surface area contributed by atoms with Crippen LogP contribution in [0.25, 0.3) is 0 Å². The van der Waals surface area contributed by atoms with Gasteiger partial charge in [0, 0.05) is 28.2 Å². The summed E-state index contributed by atoms with van der Waals surface area (Å²) in [5.74, 6) is -6.10. The number of carbonyl (C=O) groups excluding carboxylic acids is 4. The third-order valence-electron chi connectivity index (χ3n) is 8.71. The molecule has 4 aliphatic rings. The lowest BCUT2D eigenvalue weighted by Gasteiger charge is -2.42. The molecule has 0 saturated carbocycles. The molecule has 2 amide bonds. The smallest absolute Gasteiger partial charge is 0.508 e. The van der Waals surface area contributed by atoms with Crippen LogP contribution >= 0.6 is 0 Å². The number of amides is 2. The van der Waals surface area contributed by atoms with Gasteiger partial charge in [-0.25, -0.2) is 0 Å². The van der Waals surface area contributed by atoms with E-state index in [0.717, 1.165) is 30.2 Å². The number of anilines is 1. The first-order valence-corrected chi connectivity index (χ1v) is 13.6. The molecule has 1 heterocycles. The van der Waals surface area contributed by atoms with Gasteiger partial charge in [-0.15, -0.1) is 13.2 Å². The van der Waals surface area contributed by atoms with Crippen LogP contribution in [0.2, 0.25) is 0 Å². The van der Waals surface area contributed by atoms with Gasteiger partial charge in [0.25, 0.3) is 0 Å². The summed E-state index contributed by atoms with van der Waals surface area (Å²) in [6.07, 6.45) is -1.15. The highest BCUT2D eigenvalue weighted by molar-refractivity contribution is 6.25. The zero-order valence-electron chi connectivity index (χ0n) is 22.7. The Hall–Kier alpha value is -4.47. The number of hydrogen-bond acceptors (Lipinski definition) is 6. The lowest BCUT2D eigenvalue weighted by atomic mass is 9.59. The number of benzene rings is 2. The van der Waals surface area contributed by atoms with Crippen LogP contribution < -0.4 is 9.64 Å². The fraction of sp³-hybridized carbons (Fsp3) is 0.312. The van der Waals surface area contributed by atoms with Crippen LogP contribution in [0.3, 0.4) is 0 Å². The monoisotopic (exact) mass is 577 g/mol.